The van der Waals surface area contributed by atoms with E-state index in [1.54, 1.807) is 0 Å². The lowest BCUT2D eigenvalue weighted by Gasteiger charge is -2.04. The van der Waals surface area contributed by atoms with Crippen molar-refractivity contribution >= 4 is 31.5 Å². The van der Waals surface area contributed by atoms with Gasteiger partial charge in [-0.15, -0.1) is 0 Å². The maximum absolute atomic E-state index is 10.5. The van der Waals surface area contributed by atoms with Crippen molar-refractivity contribution in [3.63, 3.8) is 0 Å². The van der Waals surface area contributed by atoms with E-state index < -0.39 is 9.05 Å². The van der Waals surface area contributed by atoms with Crippen LogP contribution < -0.4 is 0 Å². The third-order valence-electron chi connectivity index (χ3n) is 1.71. The van der Waals surface area contributed by atoms with Gasteiger partial charge in [0.2, 0.25) is 9.05 Å². The first-order valence-electron chi connectivity index (χ1n) is 3.62. The normalized spacial score (nSPS) is 25.7. The molecule has 0 aromatic rings. The van der Waals surface area contributed by atoms with Crippen molar-refractivity contribution in [2.75, 3.05) is 11.5 Å². The van der Waals surface area contributed by atoms with Crippen LogP contribution in [0.4, 0.5) is 0 Å². The highest BCUT2D eigenvalue weighted by Gasteiger charge is 2.17. The van der Waals surface area contributed by atoms with Gasteiger partial charge in [0.05, 0.1) is 5.75 Å². The molecule has 66 valence electrons. The van der Waals surface area contributed by atoms with Crippen molar-refractivity contribution in [2.45, 2.75) is 24.5 Å². The molecule has 1 aliphatic heterocycles. The van der Waals surface area contributed by atoms with Crippen molar-refractivity contribution in [3.8, 4) is 0 Å². The molecule has 0 aromatic carbocycles. The first-order chi connectivity index (χ1) is 5.08. The van der Waals surface area contributed by atoms with Crippen LogP contribution in [0.25, 0.3) is 0 Å². The van der Waals surface area contributed by atoms with Crippen LogP contribution in [-0.4, -0.2) is 25.2 Å². The van der Waals surface area contributed by atoms with Gasteiger partial charge >= 0.3 is 0 Å². The van der Waals surface area contributed by atoms with Gasteiger partial charge in [0, 0.05) is 15.9 Å². The minimum atomic E-state index is -3.25. The molecule has 1 atom stereocenters. The SMILES string of the molecule is O=S(=O)(Cl)CCC1CCCS1. The van der Waals surface area contributed by atoms with Gasteiger partial charge in [-0.05, 0) is 25.0 Å². The Kier molecular flexibility index (Phi) is 3.52. The van der Waals surface area contributed by atoms with Crippen LogP contribution in [0.5, 0.6) is 0 Å². The molecule has 1 unspecified atom stereocenters. The maximum Gasteiger partial charge on any atom is 0.232 e. The second-order valence-electron chi connectivity index (χ2n) is 2.67. The van der Waals surface area contributed by atoms with Crippen LogP contribution in [0.1, 0.15) is 19.3 Å². The summed E-state index contributed by atoms with van der Waals surface area (Å²) in [6.07, 6.45) is 3.09. The highest BCUT2D eigenvalue weighted by atomic mass is 35.7. The first-order valence-corrected chi connectivity index (χ1v) is 7.14. The Labute approximate surface area is 76.1 Å². The van der Waals surface area contributed by atoms with Crippen LogP contribution in [-0.2, 0) is 9.05 Å². The number of thioether (sulfide) groups is 1. The van der Waals surface area contributed by atoms with E-state index in [4.69, 9.17) is 10.7 Å². The third-order valence-corrected chi connectivity index (χ3v) is 4.36. The van der Waals surface area contributed by atoms with Gasteiger partial charge in [0.15, 0.2) is 0 Å². The summed E-state index contributed by atoms with van der Waals surface area (Å²) in [5.41, 5.74) is 0. The van der Waals surface area contributed by atoms with Crippen molar-refractivity contribution in [2.24, 2.45) is 0 Å². The Balaban J connectivity index is 2.22. The molecule has 0 spiro atoms. The Hall–Kier alpha value is 0.590. The quantitative estimate of drug-likeness (QED) is 0.673. The molecule has 1 aliphatic rings. The molecule has 1 saturated heterocycles. The fourth-order valence-corrected chi connectivity index (χ4v) is 3.41. The monoisotopic (exact) mass is 214 g/mol. The van der Waals surface area contributed by atoms with Gasteiger partial charge in [0.1, 0.15) is 0 Å². The molecule has 1 rings (SSSR count). The lowest BCUT2D eigenvalue weighted by molar-refractivity contribution is 0.605. The van der Waals surface area contributed by atoms with Crippen LogP contribution >= 0.6 is 22.4 Å². The van der Waals surface area contributed by atoms with Crippen LogP contribution in [0.15, 0.2) is 0 Å². The summed E-state index contributed by atoms with van der Waals surface area (Å²) >= 11 is 1.86. The first kappa shape index (κ1) is 9.68. The van der Waals surface area contributed by atoms with Crippen molar-refractivity contribution in [3.05, 3.63) is 0 Å². The molecule has 0 saturated carbocycles. The molecule has 0 aromatic heterocycles. The highest BCUT2D eigenvalue weighted by Crippen LogP contribution is 2.29. The van der Waals surface area contributed by atoms with E-state index in [0.29, 0.717) is 5.25 Å². The molecule has 0 bridgehead atoms. The van der Waals surface area contributed by atoms with Crippen LogP contribution in [0, 0.1) is 0 Å². The largest absolute Gasteiger partial charge is 0.232 e. The standard InChI is InChI=1S/C6H11ClO2S2/c7-11(8,9)5-3-6-2-1-4-10-6/h6H,1-5H2. The average Bonchev–Trinajstić information content (AvgIpc) is 2.32. The van der Waals surface area contributed by atoms with E-state index >= 15 is 0 Å². The van der Waals surface area contributed by atoms with Gasteiger partial charge < -0.3 is 0 Å². The summed E-state index contributed by atoms with van der Waals surface area (Å²) < 4.78 is 21.1. The van der Waals surface area contributed by atoms with Gasteiger partial charge in [-0.2, -0.15) is 11.8 Å². The van der Waals surface area contributed by atoms with E-state index in [9.17, 15) is 8.42 Å². The van der Waals surface area contributed by atoms with E-state index in [1.165, 1.54) is 12.2 Å². The molecule has 1 heterocycles. The summed E-state index contributed by atoms with van der Waals surface area (Å²) in [5.74, 6) is 1.30. The maximum atomic E-state index is 10.5. The Morgan fingerprint density at radius 2 is 2.27 bits per heavy atom. The lowest BCUT2D eigenvalue weighted by Crippen LogP contribution is -2.05. The summed E-state index contributed by atoms with van der Waals surface area (Å²) in [6.45, 7) is 0. The van der Waals surface area contributed by atoms with Gasteiger partial charge in [-0.1, -0.05) is 0 Å². The molecule has 11 heavy (non-hydrogen) atoms. The third kappa shape index (κ3) is 4.23. The van der Waals surface area contributed by atoms with E-state index in [2.05, 4.69) is 0 Å². The molecule has 1 fully saturated rings. The van der Waals surface area contributed by atoms with E-state index in [1.807, 2.05) is 11.8 Å². The number of rotatable bonds is 3. The molecular formula is C6H11ClO2S2. The van der Waals surface area contributed by atoms with Crippen molar-refractivity contribution < 1.29 is 8.42 Å². The van der Waals surface area contributed by atoms with E-state index in [-0.39, 0.29) is 5.75 Å². The number of halogens is 1. The molecule has 2 nitrogen and oxygen atoms in total. The molecule has 0 aliphatic carbocycles. The van der Waals surface area contributed by atoms with Gasteiger partial charge in [0.25, 0.3) is 0 Å². The van der Waals surface area contributed by atoms with Crippen LogP contribution in [0.2, 0.25) is 0 Å². The van der Waals surface area contributed by atoms with Gasteiger partial charge in [-0.3, -0.25) is 0 Å². The van der Waals surface area contributed by atoms with Crippen molar-refractivity contribution in [1.82, 2.24) is 0 Å². The average molecular weight is 215 g/mol. The number of hydrogen-bond donors (Lipinski definition) is 0. The van der Waals surface area contributed by atoms with Crippen molar-refractivity contribution in [1.29, 1.82) is 0 Å². The Bertz CT molecular complexity index is 207. The molecule has 5 heteroatoms. The predicted octanol–water partition coefficient (Wildman–Crippen LogP) is 1.84. The minimum Gasteiger partial charge on any atom is -0.212 e. The molecular weight excluding hydrogens is 204 g/mol. The fraction of sp³-hybridized carbons (Fsp3) is 1.00. The molecule has 0 amide bonds. The second kappa shape index (κ2) is 4.01. The zero-order valence-corrected chi connectivity index (χ0v) is 8.51. The summed E-state index contributed by atoms with van der Waals surface area (Å²) in [4.78, 5) is 0. The molecule has 0 radical (unpaired) electrons. The summed E-state index contributed by atoms with van der Waals surface area (Å²) in [7, 11) is 1.82. The van der Waals surface area contributed by atoms with E-state index in [0.717, 1.165) is 12.8 Å². The Morgan fingerprint density at radius 1 is 1.55 bits per heavy atom. The zero-order valence-electron chi connectivity index (χ0n) is 6.12. The topological polar surface area (TPSA) is 34.1 Å². The fourth-order valence-electron chi connectivity index (χ4n) is 1.14. The predicted molar refractivity (Wildman–Crippen MR) is 49.7 cm³/mol. The van der Waals surface area contributed by atoms with Crippen LogP contribution in [0.3, 0.4) is 0 Å². The highest BCUT2D eigenvalue weighted by molar-refractivity contribution is 8.13. The number of hydrogen-bond acceptors (Lipinski definition) is 3. The second-order valence-corrected chi connectivity index (χ2v) is 6.97. The summed E-state index contributed by atoms with van der Waals surface area (Å²) in [6, 6.07) is 0. The van der Waals surface area contributed by atoms with Gasteiger partial charge in [-0.25, -0.2) is 8.42 Å². The lowest BCUT2D eigenvalue weighted by atomic mass is 10.2. The zero-order chi connectivity index (χ0) is 8.32. The molecule has 0 N–H and O–H groups in total. The smallest absolute Gasteiger partial charge is 0.212 e. The summed E-state index contributed by atoms with van der Waals surface area (Å²) in [5, 5.41) is 0.531. The Morgan fingerprint density at radius 3 is 2.73 bits per heavy atom. The minimum absolute atomic E-state index is 0.131.